The lowest BCUT2D eigenvalue weighted by atomic mass is 9.95. The molecular weight excluding hydrogens is 481 g/mol. The van der Waals surface area contributed by atoms with Gasteiger partial charge in [0.15, 0.2) is 0 Å². The second-order valence-electron chi connectivity index (χ2n) is 10.5. The van der Waals surface area contributed by atoms with Gasteiger partial charge >= 0.3 is 6.18 Å². The van der Waals surface area contributed by atoms with Crippen LogP contribution in [0.2, 0.25) is 0 Å². The van der Waals surface area contributed by atoms with Gasteiger partial charge in [-0.15, -0.1) is 0 Å². The van der Waals surface area contributed by atoms with E-state index in [4.69, 9.17) is 0 Å². The summed E-state index contributed by atoms with van der Waals surface area (Å²) in [5.74, 6) is -1.56. The number of nitrogens with zero attached hydrogens (tertiary/aromatic N) is 3. The maximum absolute atomic E-state index is 12.9. The quantitative estimate of drug-likeness (QED) is 0.345. The molecular formula is C28H37F3N4O2. The number of likely N-dealkylation sites (tertiary alicyclic amines) is 1. The van der Waals surface area contributed by atoms with Gasteiger partial charge in [-0.25, -0.2) is 5.06 Å². The molecule has 2 N–H and O–H groups in total. The third-order valence-electron chi connectivity index (χ3n) is 7.63. The molecule has 4 rings (SSSR count). The van der Waals surface area contributed by atoms with Crippen LogP contribution in [0.4, 0.5) is 30.2 Å². The number of rotatable bonds is 7. The number of halogens is 3. The summed E-state index contributed by atoms with van der Waals surface area (Å²) in [5.41, 5.74) is 3.48. The summed E-state index contributed by atoms with van der Waals surface area (Å²) < 4.78 is 38.7. The Balaban J connectivity index is 1.25. The average Bonchev–Trinajstić information content (AvgIpc) is 2.89. The van der Waals surface area contributed by atoms with Crippen LogP contribution in [-0.2, 0) is 11.3 Å². The van der Waals surface area contributed by atoms with Crippen molar-refractivity contribution in [3.8, 4) is 0 Å². The first kappa shape index (κ1) is 27.3. The number of carbonyl (C=O) groups excluding carboxylic acids is 1. The molecule has 2 aliphatic heterocycles. The highest BCUT2D eigenvalue weighted by molar-refractivity contribution is 5.77. The van der Waals surface area contributed by atoms with Crippen LogP contribution < -0.4 is 10.2 Å². The Bertz CT molecular complexity index is 1010. The molecule has 0 bridgehead atoms. The van der Waals surface area contributed by atoms with E-state index in [-0.39, 0.29) is 31.2 Å². The van der Waals surface area contributed by atoms with E-state index in [1.165, 1.54) is 0 Å². The van der Waals surface area contributed by atoms with Crippen molar-refractivity contribution < 1.29 is 23.2 Å². The molecule has 0 radical (unpaired) electrons. The topological polar surface area (TPSA) is 59.1 Å². The number of hydroxylamine groups is 2. The van der Waals surface area contributed by atoms with Gasteiger partial charge in [0.05, 0.1) is 12.5 Å². The number of hydrogen-bond donors (Lipinski definition) is 2. The fraction of sp³-hybridized carbons (Fsp3) is 0.536. The molecule has 0 saturated carbocycles. The van der Waals surface area contributed by atoms with Crippen LogP contribution in [0, 0.1) is 11.8 Å². The molecule has 0 spiro atoms. The van der Waals surface area contributed by atoms with Gasteiger partial charge in [-0.2, -0.15) is 13.2 Å². The van der Waals surface area contributed by atoms with Gasteiger partial charge in [-0.1, -0.05) is 12.1 Å². The number of piperidine rings is 2. The van der Waals surface area contributed by atoms with E-state index in [0.29, 0.717) is 19.1 Å². The predicted molar refractivity (Wildman–Crippen MR) is 139 cm³/mol. The van der Waals surface area contributed by atoms with Crippen molar-refractivity contribution in [3.05, 3.63) is 54.1 Å². The van der Waals surface area contributed by atoms with Crippen LogP contribution in [0.3, 0.4) is 0 Å². The van der Waals surface area contributed by atoms with Crippen molar-refractivity contribution in [3.63, 3.8) is 0 Å². The molecule has 0 aromatic heterocycles. The van der Waals surface area contributed by atoms with Crippen LogP contribution in [0.15, 0.2) is 48.5 Å². The molecule has 0 aliphatic carbocycles. The summed E-state index contributed by atoms with van der Waals surface area (Å²) in [6, 6.07) is 15.7. The van der Waals surface area contributed by atoms with E-state index < -0.39 is 12.1 Å². The van der Waals surface area contributed by atoms with Gasteiger partial charge in [-0.3, -0.25) is 10.0 Å². The second kappa shape index (κ2) is 11.7. The third kappa shape index (κ3) is 7.17. The fourth-order valence-electron chi connectivity index (χ4n) is 5.21. The number of anilines is 3. The van der Waals surface area contributed by atoms with Crippen LogP contribution in [0.25, 0.3) is 0 Å². The lowest BCUT2D eigenvalue weighted by Crippen LogP contribution is -2.43. The van der Waals surface area contributed by atoms with Crippen molar-refractivity contribution in [1.82, 2.24) is 9.96 Å². The Kier molecular flexibility index (Phi) is 8.64. The Hall–Kier alpha value is -2.78. The van der Waals surface area contributed by atoms with Gasteiger partial charge in [0.2, 0.25) is 5.91 Å². The molecule has 2 aromatic carbocycles. The number of alkyl halides is 3. The lowest BCUT2D eigenvalue weighted by Gasteiger charge is -2.34. The largest absolute Gasteiger partial charge is 0.391 e. The number of benzene rings is 2. The zero-order chi connectivity index (χ0) is 26.6. The highest BCUT2D eigenvalue weighted by Gasteiger charge is 2.41. The molecule has 9 heteroatoms. The summed E-state index contributed by atoms with van der Waals surface area (Å²) in [6.07, 6.45) is -2.32. The number of carbonyl (C=O) groups is 1. The highest BCUT2D eigenvalue weighted by Crippen LogP contribution is 2.35. The molecule has 37 heavy (non-hydrogen) atoms. The predicted octanol–water partition coefficient (Wildman–Crippen LogP) is 6.05. The highest BCUT2D eigenvalue weighted by atomic mass is 19.4. The van der Waals surface area contributed by atoms with Crippen LogP contribution in [-0.4, -0.2) is 59.5 Å². The Labute approximate surface area is 217 Å². The number of amides is 1. The van der Waals surface area contributed by atoms with Gasteiger partial charge < -0.3 is 15.1 Å². The molecule has 2 heterocycles. The molecule has 2 saturated heterocycles. The zero-order valence-corrected chi connectivity index (χ0v) is 21.5. The smallest absolute Gasteiger partial charge is 0.372 e. The summed E-state index contributed by atoms with van der Waals surface area (Å²) in [6.45, 7) is 7.01. The van der Waals surface area contributed by atoms with Crippen molar-refractivity contribution in [2.75, 3.05) is 36.4 Å². The molecule has 1 amide bonds. The minimum absolute atomic E-state index is 0.129. The van der Waals surface area contributed by atoms with Gasteiger partial charge in [0.25, 0.3) is 0 Å². The summed E-state index contributed by atoms with van der Waals surface area (Å²) >= 11 is 0. The number of hydrogen-bond acceptors (Lipinski definition) is 5. The summed E-state index contributed by atoms with van der Waals surface area (Å²) in [7, 11) is 0. The third-order valence-corrected chi connectivity index (χ3v) is 7.63. The van der Waals surface area contributed by atoms with E-state index in [9.17, 15) is 23.2 Å². The van der Waals surface area contributed by atoms with Crippen molar-refractivity contribution in [1.29, 1.82) is 0 Å². The van der Waals surface area contributed by atoms with Crippen LogP contribution in [0.5, 0.6) is 0 Å². The molecule has 0 atom stereocenters. The first-order chi connectivity index (χ1) is 17.6. The molecule has 2 aromatic rings. The van der Waals surface area contributed by atoms with Crippen molar-refractivity contribution >= 4 is 23.0 Å². The van der Waals surface area contributed by atoms with Gasteiger partial charge in [-0.05, 0) is 94.6 Å². The van der Waals surface area contributed by atoms with Crippen molar-refractivity contribution in [2.45, 2.75) is 58.3 Å². The minimum Gasteiger partial charge on any atom is -0.372 e. The van der Waals surface area contributed by atoms with E-state index in [1.807, 2.05) is 53.4 Å². The zero-order valence-electron chi connectivity index (χ0n) is 21.5. The maximum Gasteiger partial charge on any atom is 0.391 e. The second-order valence-corrected chi connectivity index (χ2v) is 10.5. The molecule has 2 fully saturated rings. The van der Waals surface area contributed by atoms with Gasteiger partial charge in [0, 0.05) is 42.1 Å². The van der Waals surface area contributed by atoms with Crippen molar-refractivity contribution in [2.24, 2.45) is 11.8 Å². The monoisotopic (exact) mass is 518 g/mol. The van der Waals surface area contributed by atoms with Crippen LogP contribution in [0.1, 0.15) is 45.1 Å². The number of nitrogens with one attached hydrogen (secondary N) is 1. The Morgan fingerprint density at radius 3 is 2.00 bits per heavy atom. The first-order valence-electron chi connectivity index (χ1n) is 13.1. The molecule has 2 aliphatic rings. The van der Waals surface area contributed by atoms with E-state index in [1.54, 1.807) is 0 Å². The average molecular weight is 519 g/mol. The SMILES string of the molecule is CC(C)N1CCC(C(=O)N(O)Cc2ccc(Nc3ccc(N4CCC(C(F)(F)F)CC4)cc3)cc2)CC1. The Morgan fingerprint density at radius 1 is 0.946 bits per heavy atom. The normalized spacial score (nSPS) is 18.3. The molecule has 6 nitrogen and oxygen atoms in total. The Morgan fingerprint density at radius 2 is 1.49 bits per heavy atom. The van der Waals surface area contributed by atoms with E-state index >= 15 is 0 Å². The minimum atomic E-state index is -4.11. The lowest BCUT2D eigenvalue weighted by molar-refractivity contribution is -0.179. The van der Waals surface area contributed by atoms with Gasteiger partial charge in [0.1, 0.15) is 0 Å². The fourth-order valence-corrected chi connectivity index (χ4v) is 5.21. The maximum atomic E-state index is 12.9. The molecule has 202 valence electrons. The van der Waals surface area contributed by atoms with E-state index in [0.717, 1.165) is 53.6 Å². The first-order valence-corrected chi connectivity index (χ1v) is 13.1. The van der Waals surface area contributed by atoms with E-state index in [2.05, 4.69) is 24.1 Å². The summed E-state index contributed by atoms with van der Waals surface area (Å²) in [4.78, 5) is 17.0. The standard InChI is InChI=1S/C28H37F3N4O2/c1-20(2)33-15-11-22(12-16-33)27(36)35(37)19-21-3-5-24(6-4-21)32-25-7-9-26(10-8-25)34-17-13-23(14-18-34)28(29,30)31/h3-10,20,22-23,32,37H,11-19H2,1-2H3. The van der Waals surface area contributed by atoms with Crippen LogP contribution >= 0.6 is 0 Å². The summed E-state index contributed by atoms with van der Waals surface area (Å²) in [5, 5.41) is 14.5. The molecule has 0 unspecified atom stereocenters.